The number of carbonyl (C=O) groups excluding carboxylic acids is 3. The van der Waals surface area contributed by atoms with Crippen LogP contribution in [-0.4, -0.2) is 30.1 Å². The summed E-state index contributed by atoms with van der Waals surface area (Å²) in [5.74, 6) is -0.746. The number of ether oxygens (including phenoxy) is 1. The molecule has 0 spiro atoms. The summed E-state index contributed by atoms with van der Waals surface area (Å²) in [5.41, 5.74) is 1.63. The molecule has 7 nitrogen and oxygen atoms in total. The van der Waals surface area contributed by atoms with Crippen LogP contribution in [0.5, 0.6) is 0 Å². The average Bonchev–Trinajstić information content (AvgIpc) is 2.68. The van der Waals surface area contributed by atoms with Crippen molar-refractivity contribution < 1.29 is 23.5 Å². The molecule has 0 aliphatic heterocycles. The Hall–Kier alpha value is -3.42. The Kier molecular flexibility index (Phi) is 8.54. The minimum absolute atomic E-state index is 0.136. The van der Waals surface area contributed by atoms with E-state index in [4.69, 9.17) is 4.74 Å². The van der Waals surface area contributed by atoms with Gasteiger partial charge < -0.3 is 20.7 Å². The third-order valence-corrected chi connectivity index (χ3v) is 4.03. The summed E-state index contributed by atoms with van der Waals surface area (Å²) in [7, 11) is 0. The first-order valence-corrected chi connectivity index (χ1v) is 9.97. The standard InChI is InChI=1S/C23H28FN3O4/c1-23(2,3)31-22(30)25-13-12-20(28)26-15-17-6-10-19(11-7-17)27-21(29)14-16-4-8-18(24)9-5-16/h4-11H,12-15H2,1-3H3,(H,25,30)(H,26,28)(H,27,29). The molecule has 0 atom stereocenters. The molecule has 31 heavy (non-hydrogen) atoms. The quantitative estimate of drug-likeness (QED) is 0.598. The normalized spacial score (nSPS) is 10.8. The van der Waals surface area contributed by atoms with Crippen LogP contribution in [0.4, 0.5) is 14.9 Å². The molecular weight excluding hydrogens is 401 g/mol. The molecule has 0 aliphatic carbocycles. The first-order chi connectivity index (χ1) is 14.6. The number of rotatable bonds is 8. The van der Waals surface area contributed by atoms with E-state index < -0.39 is 11.7 Å². The number of benzene rings is 2. The zero-order chi connectivity index (χ0) is 22.9. The number of anilines is 1. The lowest BCUT2D eigenvalue weighted by Gasteiger charge is -2.19. The highest BCUT2D eigenvalue weighted by Crippen LogP contribution is 2.11. The number of alkyl carbamates (subject to hydrolysis) is 1. The van der Waals surface area contributed by atoms with E-state index in [9.17, 15) is 18.8 Å². The zero-order valence-electron chi connectivity index (χ0n) is 18.0. The van der Waals surface area contributed by atoms with E-state index in [-0.39, 0.29) is 37.0 Å². The second-order valence-corrected chi connectivity index (χ2v) is 8.00. The van der Waals surface area contributed by atoms with Crippen molar-refractivity contribution in [2.45, 2.75) is 45.8 Å². The van der Waals surface area contributed by atoms with Gasteiger partial charge in [0.1, 0.15) is 11.4 Å². The molecule has 166 valence electrons. The SMILES string of the molecule is CC(C)(C)OC(=O)NCCC(=O)NCc1ccc(NC(=O)Cc2ccc(F)cc2)cc1. The number of nitrogens with one attached hydrogen (secondary N) is 3. The van der Waals surface area contributed by atoms with Gasteiger partial charge in [-0.15, -0.1) is 0 Å². The van der Waals surface area contributed by atoms with Crippen molar-refractivity contribution in [1.82, 2.24) is 10.6 Å². The predicted octanol–water partition coefficient (Wildman–Crippen LogP) is 3.54. The van der Waals surface area contributed by atoms with Crippen molar-refractivity contribution in [2.24, 2.45) is 0 Å². The Bertz CT molecular complexity index is 891. The molecule has 0 saturated carbocycles. The van der Waals surface area contributed by atoms with Crippen LogP contribution in [0, 0.1) is 5.82 Å². The first-order valence-electron chi connectivity index (χ1n) is 9.97. The summed E-state index contributed by atoms with van der Waals surface area (Å²) in [5, 5.41) is 8.08. The molecule has 0 fully saturated rings. The summed E-state index contributed by atoms with van der Waals surface area (Å²) in [6.07, 6.45) is -0.274. The van der Waals surface area contributed by atoms with Crippen molar-refractivity contribution in [3.63, 3.8) is 0 Å². The fourth-order valence-corrected chi connectivity index (χ4v) is 2.58. The Morgan fingerprint density at radius 1 is 0.871 bits per heavy atom. The summed E-state index contributed by atoms with van der Waals surface area (Å²) in [6.45, 7) is 5.81. The molecule has 0 unspecified atom stereocenters. The third kappa shape index (κ3) is 9.75. The summed E-state index contributed by atoms with van der Waals surface area (Å²) in [6, 6.07) is 12.9. The van der Waals surface area contributed by atoms with Gasteiger partial charge in [-0.2, -0.15) is 0 Å². The monoisotopic (exact) mass is 429 g/mol. The van der Waals surface area contributed by atoms with E-state index in [1.165, 1.54) is 12.1 Å². The fraction of sp³-hybridized carbons (Fsp3) is 0.348. The van der Waals surface area contributed by atoms with Crippen LogP contribution in [0.2, 0.25) is 0 Å². The second-order valence-electron chi connectivity index (χ2n) is 8.00. The second kappa shape index (κ2) is 11.1. The maximum Gasteiger partial charge on any atom is 0.407 e. The molecule has 8 heteroatoms. The predicted molar refractivity (Wildman–Crippen MR) is 116 cm³/mol. The molecule has 0 aromatic heterocycles. The molecule has 0 bridgehead atoms. The molecule has 2 rings (SSSR count). The topological polar surface area (TPSA) is 96.5 Å². The largest absolute Gasteiger partial charge is 0.444 e. The van der Waals surface area contributed by atoms with Gasteiger partial charge in [0, 0.05) is 25.2 Å². The molecule has 2 aromatic rings. The van der Waals surface area contributed by atoms with Crippen molar-refractivity contribution in [2.75, 3.05) is 11.9 Å². The molecular formula is C23H28FN3O4. The third-order valence-electron chi connectivity index (χ3n) is 4.03. The smallest absolute Gasteiger partial charge is 0.407 e. The maximum absolute atomic E-state index is 12.9. The number of carbonyl (C=O) groups is 3. The van der Waals surface area contributed by atoms with Gasteiger partial charge in [-0.25, -0.2) is 9.18 Å². The number of amides is 3. The van der Waals surface area contributed by atoms with Gasteiger partial charge in [-0.3, -0.25) is 9.59 Å². The van der Waals surface area contributed by atoms with Gasteiger partial charge in [0.15, 0.2) is 0 Å². The molecule has 2 aromatic carbocycles. The van der Waals surface area contributed by atoms with Gasteiger partial charge in [0.2, 0.25) is 11.8 Å². The van der Waals surface area contributed by atoms with Gasteiger partial charge in [-0.1, -0.05) is 24.3 Å². The van der Waals surface area contributed by atoms with Gasteiger partial charge >= 0.3 is 6.09 Å². The van der Waals surface area contributed by atoms with Gasteiger partial charge in [0.05, 0.1) is 6.42 Å². The van der Waals surface area contributed by atoms with E-state index in [0.717, 1.165) is 11.1 Å². The lowest BCUT2D eigenvalue weighted by molar-refractivity contribution is -0.121. The van der Waals surface area contributed by atoms with Crippen LogP contribution in [0.1, 0.15) is 38.3 Å². The minimum atomic E-state index is -0.584. The van der Waals surface area contributed by atoms with Crippen LogP contribution >= 0.6 is 0 Å². The number of halogens is 1. The fourth-order valence-electron chi connectivity index (χ4n) is 2.58. The number of hydrogen-bond acceptors (Lipinski definition) is 4. The molecule has 0 saturated heterocycles. The molecule has 0 heterocycles. The molecule has 3 amide bonds. The highest BCUT2D eigenvalue weighted by atomic mass is 19.1. The Labute approximate surface area is 181 Å². The maximum atomic E-state index is 12.9. The van der Waals surface area contributed by atoms with Crippen molar-refractivity contribution in [1.29, 1.82) is 0 Å². The minimum Gasteiger partial charge on any atom is -0.444 e. The highest BCUT2D eigenvalue weighted by molar-refractivity contribution is 5.92. The molecule has 0 aliphatic rings. The first kappa shape index (κ1) is 23.9. The molecule has 3 N–H and O–H groups in total. The van der Waals surface area contributed by atoms with E-state index in [1.54, 1.807) is 57.2 Å². The van der Waals surface area contributed by atoms with Gasteiger partial charge in [0.25, 0.3) is 0 Å². The van der Waals surface area contributed by atoms with Crippen LogP contribution < -0.4 is 16.0 Å². The number of hydrogen-bond donors (Lipinski definition) is 3. The lowest BCUT2D eigenvalue weighted by Crippen LogP contribution is -2.35. The Morgan fingerprint density at radius 3 is 2.10 bits per heavy atom. The zero-order valence-corrected chi connectivity index (χ0v) is 18.0. The van der Waals surface area contributed by atoms with Crippen molar-refractivity contribution in [3.8, 4) is 0 Å². The van der Waals surface area contributed by atoms with Crippen LogP contribution in [0.3, 0.4) is 0 Å². The van der Waals surface area contributed by atoms with Crippen molar-refractivity contribution >= 4 is 23.6 Å². The lowest BCUT2D eigenvalue weighted by atomic mass is 10.1. The van der Waals surface area contributed by atoms with E-state index in [1.807, 2.05) is 0 Å². The van der Waals surface area contributed by atoms with E-state index in [2.05, 4.69) is 16.0 Å². The van der Waals surface area contributed by atoms with Crippen LogP contribution in [0.15, 0.2) is 48.5 Å². The average molecular weight is 429 g/mol. The summed E-state index contributed by atoms with van der Waals surface area (Å²) in [4.78, 5) is 35.5. The Morgan fingerprint density at radius 2 is 1.48 bits per heavy atom. The van der Waals surface area contributed by atoms with E-state index in [0.29, 0.717) is 12.2 Å². The van der Waals surface area contributed by atoms with Crippen molar-refractivity contribution in [3.05, 3.63) is 65.5 Å². The summed E-state index contributed by atoms with van der Waals surface area (Å²) < 4.78 is 18.0. The van der Waals surface area contributed by atoms with Crippen LogP contribution in [-0.2, 0) is 27.3 Å². The summed E-state index contributed by atoms with van der Waals surface area (Å²) >= 11 is 0. The Balaban J connectivity index is 1.69. The highest BCUT2D eigenvalue weighted by Gasteiger charge is 2.15. The van der Waals surface area contributed by atoms with Gasteiger partial charge in [-0.05, 0) is 56.2 Å². The van der Waals surface area contributed by atoms with Crippen LogP contribution in [0.25, 0.3) is 0 Å². The molecule has 0 radical (unpaired) electrons. The van der Waals surface area contributed by atoms with E-state index >= 15 is 0 Å².